The Hall–Kier alpha value is -1.55. The molecule has 0 aliphatic heterocycles. The maximum atomic E-state index is 14.1. The van der Waals surface area contributed by atoms with Gasteiger partial charge in [0.15, 0.2) is 5.82 Å². The van der Waals surface area contributed by atoms with Gasteiger partial charge in [-0.05, 0) is 46.3 Å². The van der Waals surface area contributed by atoms with E-state index in [-0.39, 0.29) is 25.5 Å². The Bertz CT molecular complexity index is 776. The number of halogens is 3. The Morgan fingerprint density at radius 1 is 1.38 bits per heavy atom. The van der Waals surface area contributed by atoms with Crippen LogP contribution >= 0.6 is 39.3 Å². The quantitative estimate of drug-likeness (QED) is 0.809. The monoisotopic (exact) mass is 385 g/mol. The molecule has 1 N–H and O–H groups in total. The number of rotatable bonds is 3. The SMILES string of the molecule is N#Cc1ccc(Sc2ccc(Cl)c(C(=O)O)c2)c(F)c1Br. The Balaban J connectivity index is 2.40. The summed E-state index contributed by atoms with van der Waals surface area (Å²) in [4.78, 5) is 11.8. The minimum Gasteiger partial charge on any atom is -0.478 e. The molecule has 0 aromatic heterocycles. The molecule has 0 spiro atoms. The number of hydrogen-bond acceptors (Lipinski definition) is 3. The van der Waals surface area contributed by atoms with Crippen LogP contribution in [0, 0.1) is 17.1 Å². The standard InChI is InChI=1S/C14H6BrClFNO2S/c15-12-7(6-18)1-4-11(13(12)17)21-8-2-3-10(16)9(5-8)14(19)20/h1-5H,(H,19,20). The fourth-order valence-corrected chi connectivity index (χ4v) is 3.21. The van der Waals surface area contributed by atoms with Crippen molar-refractivity contribution >= 4 is 45.3 Å². The highest BCUT2D eigenvalue weighted by molar-refractivity contribution is 9.10. The van der Waals surface area contributed by atoms with Crippen molar-refractivity contribution in [3.05, 3.63) is 56.8 Å². The predicted molar refractivity (Wildman–Crippen MR) is 81.3 cm³/mol. The van der Waals surface area contributed by atoms with Gasteiger partial charge in [-0.3, -0.25) is 0 Å². The van der Waals surface area contributed by atoms with Crippen LogP contribution in [0.1, 0.15) is 15.9 Å². The molecule has 2 aromatic carbocycles. The number of nitriles is 1. The highest BCUT2D eigenvalue weighted by Gasteiger charge is 2.14. The lowest BCUT2D eigenvalue weighted by molar-refractivity contribution is 0.0697. The number of carbonyl (C=O) groups is 1. The number of nitrogens with zero attached hydrogens (tertiary/aromatic N) is 1. The smallest absolute Gasteiger partial charge is 0.337 e. The van der Waals surface area contributed by atoms with Crippen molar-refractivity contribution in [3.8, 4) is 6.07 Å². The van der Waals surface area contributed by atoms with Gasteiger partial charge in [0.1, 0.15) is 6.07 Å². The molecule has 0 saturated heterocycles. The molecule has 0 atom stereocenters. The number of benzene rings is 2. The van der Waals surface area contributed by atoms with Crippen LogP contribution in [0.3, 0.4) is 0 Å². The van der Waals surface area contributed by atoms with Gasteiger partial charge in [-0.15, -0.1) is 0 Å². The molecule has 0 fully saturated rings. The third-order valence-electron chi connectivity index (χ3n) is 2.56. The summed E-state index contributed by atoms with van der Waals surface area (Å²) in [6.45, 7) is 0. The highest BCUT2D eigenvalue weighted by atomic mass is 79.9. The molecule has 21 heavy (non-hydrogen) atoms. The van der Waals surface area contributed by atoms with Crippen molar-refractivity contribution in [2.45, 2.75) is 9.79 Å². The molecule has 0 bridgehead atoms. The fourth-order valence-electron chi connectivity index (χ4n) is 1.56. The fraction of sp³-hybridized carbons (Fsp3) is 0. The van der Waals surface area contributed by atoms with Crippen LogP contribution in [-0.4, -0.2) is 11.1 Å². The maximum Gasteiger partial charge on any atom is 0.337 e. The molecular formula is C14H6BrClFNO2S. The van der Waals surface area contributed by atoms with E-state index in [0.717, 1.165) is 11.8 Å². The third-order valence-corrected chi connectivity index (χ3v) is 4.69. The van der Waals surface area contributed by atoms with Crippen LogP contribution in [-0.2, 0) is 0 Å². The predicted octanol–water partition coefficient (Wildman–Crippen LogP) is 4.96. The lowest BCUT2D eigenvalue weighted by atomic mass is 10.2. The summed E-state index contributed by atoms with van der Waals surface area (Å²) >= 11 is 9.86. The first-order chi connectivity index (χ1) is 9.93. The Labute approximate surface area is 137 Å². The van der Waals surface area contributed by atoms with E-state index in [1.165, 1.54) is 24.3 Å². The van der Waals surface area contributed by atoms with Crippen molar-refractivity contribution in [3.63, 3.8) is 0 Å². The zero-order valence-corrected chi connectivity index (χ0v) is 13.4. The Kier molecular flexibility index (Phi) is 4.88. The summed E-state index contributed by atoms with van der Waals surface area (Å²) in [6, 6.07) is 9.25. The van der Waals surface area contributed by atoms with E-state index in [0.29, 0.717) is 4.90 Å². The number of carboxylic acids is 1. The second-order valence-corrected chi connectivity index (χ2v) is 6.22. The summed E-state index contributed by atoms with van der Waals surface area (Å²) in [5.41, 5.74) is 0.147. The van der Waals surface area contributed by atoms with Crippen LogP contribution < -0.4 is 0 Å². The topological polar surface area (TPSA) is 61.1 Å². The first kappa shape index (κ1) is 15.8. The van der Waals surface area contributed by atoms with Crippen LogP contribution in [0.25, 0.3) is 0 Å². The minimum absolute atomic E-state index is 0.0465. The lowest BCUT2D eigenvalue weighted by Gasteiger charge is -2.07. The summed E-state index contributed by atoms with van der Waals surface area (Å²) < 4.78 is 14.2. The van der Waals surface area contributed by atoms with Crippen molar-refractivity contribution in [1.29, 1.82) is 5.26 Å². The van der Waals surface area contributed by atoms with Gasteiger partial charge in [0.2, 0.25) is 0 Å². The van der Waals surface area contributed by atoms with Crippen LogP contribution in [0.4, 0.5) is 4.39 Å². The van der Waals surface area contributed by atoms with Gasteiger partial charge >= 0.3 is 5.97 Å². The normalized spacial score (nSPS) is 10.2. The van der Waals surface area contributed by atoms with Gasteiger partial charge in [0, 0.05) is 9.79 Å². The number of carboxylic acid groups (broad SMARTS) is 1. The van der Waals surface area contributed by atoms with Crippen LogP contribution in [0.5, 0.6) is 0 Å². The maximum absolute atomic E-state index is 14.1. The van der Waals surface area contributed by atoms with E-state index >= 15 is 0 Å². The van der Waals surface area contributed by atoms with Crippen molar-refractivity contribution in [2.24, 2.45) is 0 Å². The van der Waals surface area contributed by atoms with Gasteiger partial charge in [-0.2, -0.15) is 5.26 Å². The average Bonchev–Trinajstić information content (AvgIpc) is 2.46. The number of aromatic carboxylic acids is 1. The second kappa shape index (κ2) is 6.48. The van der Waals surface area contributed by atoms with E-state index in [4.69, 9.17) is 22.0 Å². The molecule has 0 radical (unpaired) electrons. The van der Waals surface area contributed by atoms with Crippen molar-refractivity contribution < 1.29 is 14.3 Å². The summed E-state index contributed by atoms with van der Waals surface area (Å²) in [7, 11) is 0. The number of hydrogen-bond donors (Lipinski definition) is 1. The van der Waals surface area contributed by atoms with E-state index in [1.54, 1.807) is 6.07 Å². The Morgan fingerprint density at radius 3 is 2.71 bits per heavy atom. The molecule has 7 heteroatoms. The third kappa shape index (κ3) is 3.38. The zero-order chi connectivity index (χ0) is 15.6. The summed E-state index contributed by atoms with van der Waals surface area (Å²) in [6.07, 6.45) is 0. The van der Waals surface area contributed by atoms with Gasteiger partial charge in [-0.1, -0.05) is 23.4 Å². The van der Waals surface area contributed by atoms with Crippen molar-refractivity contribution in [1.82, 2.24) is 0 Å². The van der Waals surface area contributed by atoms with Gasteiger partial charge in [-0.25, -0.2) is 9.18 Å². The van der Waals surface area contributed by atoms with E-state index < -0.39 is 11.8 Å². The molecule has 0 aliphatic carbocycles. The summed E-state index contributed by atoms with van der Waals surface area (Å²) in [5, 5.41) is 17.9. The van der Waals surface area contributed by atoms with E-state index in [2.05, 4.69) is 15.9 Å². The van der Waals surface area contributed by atoms with Gasteiger partial charge in [0.25, 0.3) is 0 Å². The van der Waals surface area contributed by atoms with Crippen LogP contribution in [0.2, 0.25) is 5.02 Å². The lowest BCUT2D eigenvalue weighted by Crippen LogP contribution is -1.97. The molecular weight excluding hydrogens is 381 g/mol. The molecule has 106 valence electrons. The van der Waals surface area contributed by atoms with E-state index in [1.807, 2.05) is 6.07 Å². The zero-order valence-electron chi connectivity index (χ0n) is 10.2. The molecule has 2 rings (SSSR count). The highest BCUT2D eigenvalue weighted by Crippen LogP contribution is 2.35. The Morgan fingerprint density at radius 2 is 2.10 bits per heavy atom. The molecule has 0 aliphatic rings. The molecule has 0 unspecified atom stereocenters. The molecule has 0 amide bonds. The van der Waals surface area contributed by atoms with Gasteiger partial charge in [0.05, 0.1) is 20.6 Å². The summed E-state index contributed by atoms with van der Waals surface area (Å²) in [5.74, 6) is -1.71. The van der Waals surface area contributed by atoms with Crippen molar-refractivity contribution in [2.75, 3.05) is 0 Å². The average molecular weight is 387 g/mol. The minimum atomic E-state index is -1.15. The molecule has 3 nitrogen and oxygen atoms in total. The first-order valence-electron chi connectivity index (χ1n) is 5.53. The largest absolute Gasteiger partial charge is 0.478 e. The van der Waals surface area contributed by atoms with Crippen LogP contribution in [0.15, 0.2) is 44.6 Å². The molecule has 0 saturated carbocycles. The first-order valence-corrected chi connectivity index (χ1v) is 7.51. The van der Waals surface area contributed by atoms with Gasteiger partial charge < -0.3 is 5.11 Å². The van der Waals surface area contributed by atoms with E-state index in [9.17, 15) is 9.18 Å². The molecule has 0 heterocycles. The molecule has 2 aromatic rings. The second-order valence-electron chi connectivity index (χ2n) is 3.90.